The van der Waals surface area contributed by atoms with Crippen LogP contribution in [0.25, 0.3) is 0 Å². The molecule has 5 heteroatoms. The molecule has 2 aromatic rings. The Labute approximate surface area is 128 Å². The zero-order valence-electron chi connectivity index (χ0n) is 10.7. The first-order chi connectivity index (χ1) is 9.24. The van der Waals surface area contributed by atoms with Crippen molar-refractivity contribution in [3.05, 3.63) is 66.0 Å². The quantitative estimate of drug-likeness (QED) is 0.274. The molecule has 1 heterocycles. The van der Waals surface area contributed by atoms with Crippen molar-refractivity contribution < 1.29 is 23.4 Å². The van der Waals surface area contributed by atoms with E-state index in [-0.39, 0.29) is 0 Å². The van der Waals surface area contributed by atoms with Gasteiger partial charge in [0.05, 0.1) is 0 Å². The van der Waals surface area contributed by atoms with Gasteiger partial charge < -0.3 is 5.21 Å². The van der Waals surface area contributed by atoms with E-state index in [1.807, 2.05) is 37.3 Å². The van der Waals surface area contributed by atoms with Gasteiger partial charge in [-0.1, -0.05) is 6.92 Å². The number of oxime groups is 1. The third-order valence-electron chi connectivity index (χ3n) is 2.10. The fraction of sp³-hybridized carbons (Fsp3) is 0.143. The van der Waals surface area contributed by atoms with E-state index in [9.17, 15) is 0 Å². The van der Waals surface area contributed by atoms with Gasteiger partial charge in [-0.2, -0.15) is 0 Å². The molecule has 0 saturated heterocycles. The van der Waals surface area contributed by atoms with Gasteiger partial charge in [-0.05, 0) is 24.6 Å². The number of nitrogens with zero attached hydrogens (tertiary/aromatic N) is 2. The average molecular weight is 369 g/mol. The van der Waals surface area contributed by atoms with Crippen LogP contribution in [0.4, 0.5) is 0 Å². The summed E-state index contributed by atoms with van der Waals surface area (Å²) in [6.45, 7) is 3.77. The van der Waals surface area contributed by atoms with Crippen molar-refractivity contribution in [2.75, 3.05) is 0 Å². The summed E-state index contributed by atoms with van der Waals surface area (Å²) < 4.78 is 0. The molecule has 104 valence electrons. The van der Waals surface area contributed by atoms with Crippen molar-refractivity contribution in [3.63, 3.8) is 0 Å². The van der Waals surface area contributed by atoms with E-state index in [2.05, 4.69) is 43.9 Å². The Morgan fingerprint density at radius 3 is 2.26 bits per heavy atom. The number of aromatic nitrogens is 1. The van der Waals surface area contributed by atoms with E-state index in [1.165, 1.54) is 5.56 Å². The first-order valence-corrected chi connectivity index (χ1v) is 7.38. The van der Waals surface area contributed by atoms with Crippen LogP contribution >= 0.6 is 9.53 Å². The van der Waals surface area contributed by atoms with E-state index in [4.69, 9.17) is 5.21 Å². The maximum absolute atomic E-state index is 8.36. The van der Waals surface area contributed by atoms with Crippen LogP contribution in [0, 0.1) is 13.0 Å². The summed E-state index contributed by atoms with van der Waals surface area (Å²) in [5.41, 5.74) is 2.67. The van der Waals surface area contributed by atoms with Gasteiger partial charge in [-0.25, -0.2) is 0 Å². The van der Waals surface area contributed by atoms with Crippen molar-refractivity contribution in [1.82, 2.24) is 4.98 Å². The van der Waals surface area contributed by atoms with Crippen molar-refractivity contribution in [3.8, 4) is 0 Å². The zero-order valence-corrected chi connectivity index (χ0v) is 13.0. The third-order valence-corrected chi connectivity index (χ3v) is 2.10. The second-order valence-corrected chi connectivity index (χ2v) is 3.49. The molecule has 0 aliphatic carbocycles. The fourth-order valence-electron chi connectivity index (χ4n) is 1.10. The number of hydrogen-bond acceptors (Lipinski definition) is 3. The van der Waals surface area contributed by atoms with Crippen LogP contribution in [0.3, 0.4) is 0 Å². The summed E-state index contributed by atoms with van der Waals surface area (Å²) in [6, 6.07) is 14.2. The SMILES string of the molecule is C/C(=N\O)c1[c-]cccc1.Cc1ccncc1.[Cl][Pd+]. The molecule has 0 fully saturated rings. The molecule has 1 aromatic heterocycles. The molecule has 0 aliphatic heterocycles. The molecule has 2 rings (SSSR count). The average Bonchev–Trinajstić information content (AvgIpc) is 2.51. The van der Waals surface area contributed by atoms with Crippen LogP contribution in [0.5, 0.6) is 0 Å². The number of pyridine rings is 1. The molecule has 0 amide bonds. The number of aryl methyl sites for hydroxylation is 1. The minimum atomic E-state index is 0.584. The van der Waals surface area contributed by atoms with E-state index < -0.39 is 0 Å². The molecule has 1 N–H and O–H groups in total. The van der Waals surface area contributed by atoms with E-state index in [1.54, 1.807) is 25.4 Å². The topological polar surface area (TPSA) is 45.5 Å². The Morgan fingerprint density at radius 2 is 1.89 bits per heavy atom. The van der Waals surface area contributed by atoms with Gasteiger partial charge in [0.2, 0.25) is 0 Å². The molecule has 0 bridgehead atoms. The van der Waals surface area contributed by atoms with E-state index in [0.29, 0.717) is 5.71 Å². The molecule has 0 unspecified atom stereocenters. The molecule has 0 aliphatic rings. The van der Waals surface area contributed by atoms with Crippen LogP contribution in [-0.4, -0.2) is 15.9 Å². The predicted molar refractivity (Wildman–Crippen MR) is 74.1 cm³/mol. The van der Waals surface area contributed by atoms with Crippen molar-refractivity contribution in [1.29, 1.82) is 0 Å². The standard InChI is InChI=1S/C8H8NO.C6H7N.ClH.Pd/c1-7(9-10)8-5-3-2-4-6-8;1-6-2-4-7-5-3-6;;/h2-5,10H,1H3;2-5H,1H3;1H;/q-1;;;+2/p-1/b9-7+;;;. The minimum absolute atomic E-state index is 0.584. The van der Waals surface area contributed by atoms with Crippen LogP contribution in [0.15, 0.2) is 53.9 Å². The van der Waals surface area contributed by atoms with Crippen LogP contribution in [0.1, 0.15) is 18.1 Å². The number of rotatable bonds is 1. The van der Waals surface area contributed by atoms with Crippen molar-refractivity contribution in [2.24, 2.45) is 5.16 Å². The molecule has 0 radical (unpaired) electrons. The van der Waals surface area contributed by atoms with Gasteiger partial charge in [0.25, 0.3) is 0 Å². The molecular weight excluding hydrogens is 354 g/mol. The van der Waals surface area contributed by atoms with Crippen LogP contribution < -0.4 is 0 Å². The number of halogens is 1. The van der Waals surface area contributed by atoms with E-state index >= 15 is 0 Å². The summed E-state index contributed by atoms with van der Waals surface area (Å²) in [5, 5.41) is 11.4. The molecule has 0 saturated carbocycles. The zero-order chi connectivity index (χ0) is 14.5. The second-order valence-electron chi connectivity index (χ2n) is 3.49. The molecule has 19 heavy (non-hydrogen) atoms. The Morgan fingerprint density at radius 1 is 1.26 bits per heavy atom. The third kappa shape index (κ3) is 8.50. The van der Waals surface area contributed by atoms with Gasteiger partial charge in [-0.15, -0.1) is 41.1 Å². The van der Waals surface area contributed by atoms with Gasteiger partial charge in [0.15, 0.2) is 0 Å². The summed E-state index contributed by atoms with van der Waals surface area (Å²) in [5.74, 6) is 0. The van der Waals surface area contributed by atoms with Gasteiger partial charge in [0, 0.05) is 18.1 Å². The monoisotopic (exact) mass is 368 g/mol. The van der Waals surface area contributed by atoms with Crippen molar-refractivity contribution in [2.45, 2.75) is 13.8 Å². The molecule has 3 nitrogen and oxygen atoms in total. The van der Waals surface area contributed by atoms with Crippen LogP contribution in [0.2, 0.25) is 0 Å². The Bertz CT molecular complexity index is 463. The molecule has 0 spiro atoms. The van der Waals surface area contributed by atoms with E-state index in [0.717, 1.165) is 5.56 Å². The summed E-state index contributed by atoms with van der Waals surface area (Å²) in [7, 11) is 4.49. The molecule has 0 atom stereocenters. The Kier molecular flexibility index (Phi) is 11.1. The Balaban J connectivity index is 0.000000316. The first-order valence-electron chi connectivity index (χ1n) is 5.38. The summed E-state index contributed by atoms with van der Waals surface area (Å²) in [4.78, 5) is 3.85. The van der Waals surface area contributed by atoms with Crippen LogP contribution in [-0.2, 0) is 18.2 Å². The molecular formula is C14H15ClN2OPd. The number of hydrogen-bond donors (Lipinski definition) is 1. The fourth-order valence-corrected chi connectivity index (χ4v) is 1.10. The number of benzene rings is 1. The van der Waals surface area contributed by atoms with Gasteiger partial charge in [0.1, 0.15) is 0 Å². The maximum atomic E-state index is 8.36. The predicted octanol–water partition coefficient (Wildman–Crippen LogP) is 3.76. The first kappa shape index (κ1) is 17.8. The van der Waals surface area contributed by atoms with Gasteiger partial charge in [-0.3, -0.25) is 4.98 Å². The normalized spacial score (nSPS) is 9.63. The van der Waals surface area contributed by atoms with Crippen molar-refractivity contribution >= 4 is 15.2 Å². The molecule has 1 aromatic carbocycles. The van der Waals surface area contributed by atoms with Gasteiger partial charge >= 0.3 is 27.7 Å². The summed E-state index contributed by atoms with van der Waals surface area (Å²) in [6.07, 6.45) is 3.57. The second kappa shape index (κ2) is 11.9. The summed E-state index contributed by atoms with van der Waals surface area (Å²) >= 11 is 2.22. The Hall–Kier alpha value is -1.21.